The van der Waals surface area contributed by atoms with Crippen LogP contribution in [-0.2, 0) is 15.6 Å². The van der Waals surface area contributed by atoms with Gasteiger partial charge < -0.3 is 9.42 Å². The summed E-state index contributed by atoms with van der Waals surface area (Å²) in [6.07, 6.45) is 7.49. The average molecular weight is 466 g/mol. The number of aryl methyl sites for hydroxylation is 1. The van der Waals surface area contributed by atoms with Gasteiger partial charge in [-0.25, -0.2) is 4.39 Å². The van der Waals surface area contributed by atoms with E-state index in [0.29, 0.717) is 25.2 Å². The van der Waals surface area contributed by atoms with E-state index < -0.39 is 11.1 Å². The summed E-state index contributed by atoms with van der Waals surface area (Å²) in [5, 5.41) is 4.42. The van der Waals surface area contributed by atoms with Gasteiger partial charge >= 0.3 is 0 Å². The SMILES string of the molecule is Cc1cccc(N(CC23CCC(c4noc(C(C)(C)C)n4)(CC2)CC3)C(=O)C23CC(F)(C2)C3)c1. The molecule has 0 aliphatic heterocycles. The fourth-order valence-electron chi connectivity index (χ4n) is 7.17. The highest BCUT2D eigenvalue weighted by atomic mass is 19.1. The molecule has 4 bridgehead atoms. The molecule has 34 heavy (non-hydrogen) atoms. The quantitative estimate of drug-likeness (QED) is 0.528. The Hall–Kier alpha value is -2.24. The number of benzene rings is 1. The lowest BCUT2D eigenvalue weighted by atomic mass is 9.41. The summed E-state index contributed by atoms with van der Waals surface area (Å²) in [5.74, 6) is 1.72. The van der Waals surface area contributed by atoms with Crippen LogP contribution in [0.2, 0.25) is 0 Å². The third kappa shape index (κ3) is 3.27. The van der Waals surface area contributed by atoms with Crippen molar-refractivity contribution < 1.29 is 13.7 Å². The van der Waals surface area contributed by atoms with E-state index in [1.165, 1.54) is 0 Å². The van der Waals surface area contributed by atoms with E-state index in [0.717, 1.165) is 62.1 Å². The lowest BCUT2D eigenvalue weighted by molar-refractivity contribution is -0.211. The first-order valence-electron chi connectivity index (χ1n) is 12.9. The molecule has 6 heteroatoms. The summed E-state index contributed by atoms with van der Waals surface area (Å²) in [7, 11) is 0. The number of anilines is 1. The number of alkyl halides is 1. The van der Waals surface area contributed by atoms with Crippen molar-refractivity contribution in [2.75, 3.05) is 11.4 Å². The normalized spacial score (nSPS) is 36.0. The maximum Gasteiger partial charge on any atom is 0.233 e. The topological polar surface area (TPSA) is 59.2 Å². The van der Waals surface area contributed by atoms with E-state index >= 15 is 0 Å². The first-order chi connectivity index (χ1) is 16.0. The van der Waals surface area contributed by atoms with Gasteiger partial charge in [-0.05, 0) is 87.8 Å². The lowest BCUT2D eigenvalue weighted by Crippen LogP contribution is -2.71. The Morgan fingerprint density at radius 3 is 2.26 bits per heavy atom. The van der Waals surface area contributed by atoms with Gasteiger partial charge in [0.15, 0.2) is 5.82 Å². The third-order valence-corrected chi connectivity index (χ3v) is 9.41. The average Bonchev–Trinajstić information content (AvgIpc) is 3.27. The summed E-state index contributed by atoms with van der Waals surface area (Å²) in [6.45, 7) is 9.09. The highest BCUT2D eigenvalue weighted by Crippen LogP contribution is 2.70. The van der Waals surface area contributed by atoms with Gasteiger partial charge in [0.25, 0.3) is 0 Å². The molecular weight excluding hydrogens is 429 g/mol. The van der Waals surface area contributed by atoms with Crippen molar-refractivity contribution in [1.82, 2.24) is 10.1 Å². The van der Waals surface area contributed by atoms with Gasteiger partial charge in [0.2, 0.25) is 11.8 Å². The van der Waals surface area contributed by atoms with E-state index in [9.17, 15) is 9.18 Å². The molecule has 5 nitrogen and oxygen atoms in total. The van der Waals surface area contributed by atoms with Gasteiger partial charge in [0.05, 0.1) is 5.41 Å². The lowest BCUT2D eigenvalue weighted by Gasteiger charge is -2.65. The maximum absolute atomic E-state index is 14.3. The minimum Gasteiger partial charge on any atom is -0.339 e. The number of amides is 1. The van der Waals surface area contributed by atoms with Crippen LogP contribution in [0.5, 0.6) is 0 Å². The van der Waals surface area contributed by atoms with Crippen LogP contribution in [0, 0.1) is 17.8 Å². The minimum absolute atomic E-state index is 0.00138. The highest BCUT2D eigenvalue weighted by Gasteiger charge is 2.73. The van der Waals surface area contributed by atoms with Crippen molar-refractivity contribution in [2.45, 2.75) is 102 Å². The maximum atomic E-state index is 14.3. The second-order valence-corrected chi connectivity index (χ2v) is 13.1. The molecule has 0 atom stereocenters. The van der Waals surface area contributed by atoms with Crippen molar-refractivity contribution >= 4 is 11.6 Å². The Morgan fingerprint density at radius 2 is 1.74 bits per heavy atom. The van der Waals surface area contributed by atoms with Crippen LogP contribution in [0.1, 0.15) is 95.8 Å². The number of halogens is 1. The van der Waals surface area contributed by atoms with Gasteiger partial charge in [-0.1, -0.05) is 38.1 Å². The third-order valence-electron chi connectivity index (χ3n) is 9.41. The van der Waals surface area contributed by atoms with Crippen molar-refractivity contribution in [3.05, 3.63) is 41.5 Å². The van der Waals surface area contributed by atoms with Crippen molar-refractivity contribution in [1.29, 1.82) is 0 Å². The molecule has 1 aromatic heterocycles. The van der Waals surface area contributed by atoms with Crippen LogP contribution < -0.4 is 4.90 Å². The standard InChI is InChI=1S/C28H36FN3O2/c1-19-6-5-7-20(14-19)32(23(33)27-15-28(29,16-27)17-27)18-25-8-11-26(12-9-25,13-10-25)21-30-22(34-31-21)24(2,3)4/h5-7,14H,8-13,15-18H2,1-4H3. The molecule has 6 aliphatic rings. The van der Waals surface area contributed by atoms with Crippen molar-refractivity contribution in [3.63, 3.8) is 0 Å². The molecule has 6 aliphatic carbocycles. The number of hydrogen-bond acceptors (Lipinski definition) is 4. The zero-order chi connectivity index (χ0) is 24.0. The Kier molecular flexibility index (Phi) is 4.52. The van der Waals surface area contributed by atoms with Gasteiger partial charge in [-0.2, -0.15) is 4.98 Å². The molecule has 0 saturated heterocycles. The summed E-state index contributed by atoms with van der Waals surface area (Å²) in [6, 6.07) is 8.24. The van der Waals surface area contributed by atoms with Crippen LogP contribution in [-0.4, -0.2) is 28.3 Å². The Balaban J connectivity index is 1.23. The molecule has 6 saturated carbocycles. The Bertz CT molecular complexity index is 1100. The molecule has 0 spiro atoms. The molecule has 6 fully saturated rings. The Labute approximate surface area is 201 Å². The van der Waals surface area contributed by atoms with Crippen LogP contribution in [0.4, 0.5) is 10.1 Å². The largest absolute Gasteiger partial charge is 0.339 e. The molecule has 1 heterocycles. The number of fused-ring (bicyclic) bond motifs is 3. The fraction of sp³-hybridized carbons (Fsp3) is 0.679. The highest BCUT2D eigenvalue weighted by molar-refractivity contribution is 6.00. The Morgan fingerprint density at radius 1 is 1.09 bits per heavy atom. The van der Waals surface area contributed by atoms with Crippen LogP contribution >= 0.6 is 0 Å². The number of nitrogens with zero attached hydrogens (tertiary/aromatic N) is 3. The molecule has 0 unspecified atom stereocenters. The van der Waals surface area contributed by atoms with Crippen LogP contribution in [0.15, 0.2) is 28.8 Å². The second kappa shape index (κ2) is 6.92. The van der Waals surface area contributed by atoms with E-state index in [-0.39, 0.29) is 22.2 Å². The molecule has 8 rings (SSSR count). The van der Waals surface area contributed by atoms with E-state index in [4.69, 9.17) is 9.51 Å². The van der Waals surface area contributed by atoms with E-state index in [1.54, 1.807) is 0 Å². The molecule has 0 N–H and O–H groups in total. The number of rotatable bonds is 5. The van der Waals surface area contributed by atoms with Gasteiger partial charge in [-0.15, -0.1) is 0 Å². The van der Waals surface area contributed by atoms with Crippen LogP contribution in [0.3, 0.4) is 0 Å². The summed E-state index contributed by atoms with van der Waals surface area (Å²) >= 11 is 0. The van der Waals surface area contributed by atoms with Crippen molar-refractivity contribution in [2.24, 2.45) is 10.8 Å². The number of carbonyl (C=O) groups is 1. The molecule has 1 amide bonds. The molecule has 2 aromatic rings. The van der Waals surface area contributed by atoms with Crippen molar-refractivity contribution in [3.8, 4) is 0 Å². The summed E-state index contributed by atoms with van der Waals surface area (Å²) < 4.78 is 19.9. The minimum atomic E-state index is -1.07. The zero-order valence-electron chi connectivity index (χ0n) is 20.9. The number of hydrogen-bond donors (Lipinski definition) is 0. The predicted molar refractivity (Wildman–Crippen MR) is 128 cm³/mol. The zero-order valence-corrected chi connectivity index (χ0v) is 20.9. The predicted octanol–water partition coefficient (Wildman–Crippen LogP) is 6.19. The van der Waals surface area contributed by atoms with Gasteiger partial charge in [0, 0.05) is 23.1 Å². The first kappa shape index (κ1) is 22.2. The fourth-order valence-corrected chi connectivity index (χ4v) is 7.17. The molecule has 1 aromatic carbocycles. The summed E-state index contributed by atoms with van der Waals surface area (Å²) in [5.41, 5.74) is 0.533. The summed E-state index contributed by atoms with van der Waals surface area (Å²) in [4.78, 5) is 20.6. The van der Waals surface area contributed by atoms with E-state index in [1.807, 2.05) is 17.0 Å². The molecule has 182 valence electrons. The van der Waals surface area contributed by atoms with Gasteiger partial charge in [0.1, 0.15) is 5.67 Å². The van der Waals surface area contributed by atoms with Gasteiger partial charge in [-0.3, -0.25) is 4.79 Å². The molecule has 0 radical (unpaired) electrons. The number of aromatic nitrogens is 2. The second-order valence-electron chi connectivity index (χ2n) is 13.1. The van der Waals surface area contributed by atoms with Crippen LogP contribution in [0.25, 0.3) is 0 Å². The monoisotopic (exact) mass is 465 g/mol. The first-order valence-corrected chi connectivity index (χ1v) is 12.9. The van der Waals surface area contributed by atoms with E-state index in [2.05, 4.69) is 45.0 Å². The molecular formula is C28H36FN3O2. The smallest absolute Gasteiger partial charge is 0.233 e. The number of carbonyl (C=O) groups excluding carboxylic acids is 1.